The maximum atomic E-state index is 12.7. The smallest absolute Gasteiger partial charge is 0.322 e. The van der Waals surface area contributed by atoms with E-state index in [-0.39, 0.29) is 28.1 Å². The molecule has 1 aromatic heterocycles. The van der Waals surface area contributed by atoms with Crippen LogP contribution < -0.4 is 19.5 Å². The van der Waals surface area contributed by atoms with Crippen molar-refractivity contribution in [3.8, 4) is 28.7 Å². The molecule has 0 fully saturated rings. The molecular weight excluding hydrogens is 426 g/mol. The highest BCUT2D eigenvalue weighted by molar-refractivity contribution is 7.91. The number of carbonyl (C=O) groups is 1. The van der Waals surface area contributed by atoms with Crippen molar-refractivity contribution in [2.24, 2.45) is 0 Å². The van der Waals surface area contributed by atoms with Gasteiger partial charge in [-0.3, -0.25) is 10.1 Å². The minimum absolute atomic E-state index is 0.0168. The number of carbonyl (C=O) groups excluding carboxylic acids is 1. The fourth-order valence-electron chi connectivity index (χ4n) is 2.84. The SMILES string of the molecule is CCS(=O)(=O)c1ccccc1C(=O)Nc1nnc(-c2cc(OC)c(OC)c(OC)c2)o1. The summed E-state index contributed by atoms with van der Waals surface area (Å²) in [6, 6.07) is 8.94. The summed E-state index contributed by atoms with van der Waals surface area (Å²) in [6.45, 7) is 1.51. The molecule has 164 valence electrons. The quantitative estimate of drug-likeness (QED) is 0.554. The molecule has 3 rings (SSSR count). The van der Waals surface area contributed by atoms with Crippen LogP contribution >= 0.6 is 0 Å². The lowest BCUT2D eigenvalue weighted by Crippen LogP contribution is -2.17. The predicted molar refractivity (Wildman–Crippen MR) is 112 cm³/mol. The third-order valence-corrected chi connectivity index (χ3v) is 6.19. The molecule has 2 aromatic carbocycles. The molecule has 0 unspecified atom stereocenters. The summed E-state index contributed by atoms with van der Waals surface area (Å²) in [5.41, 5.74) is 0.452. The Morgan fingerprint density at radius 1 is 1.03 bits per heavy atom. The van der Waals surface area contributed by atoms with Gasteiger partial charge in [0, 0.05) is 5.56 Å². The minimum Gasteiger partial charge on any atom is -0.493 e. The van der Waals surface area contributed by atoms with Crippen molar-refractivity contribution in [2.45, 2.75) is 11.8 Å². The van der Waals surface area contributed by atoms with E-state index in [1.54, 1.807) is 24.3 Å². The molecule has 0 aliphatic rings. The fraction of sp³-hybridized carbons (Fsp3) is 0.250. The van der Waals surface area contributed by atoms with E-state index >= 15 is 0 Å². The number of benzene rings is 2. The first-order valence-electron chi connectivity index (χ1n) is 9.11. The molecule has 0 radical (unpaired) electrons. The summed E-state index contributed by atoms with van der Waals surface area (Å²) in [6.07, 6.45) is 0. The van der Waals surface area contributed by atoms with Crippen LogP contribution in [0.4, 0.5) is 6.01 Å². The van der Waals surface area contributed by atoms with Crippen LogP contribution in [0, 0.1) is 0 Å². The third kappa shape index (κ3) is 4.45. The van der Waals surface area contributed by atoms with Gasteiger partial charge in [0.25, 0.3) is 5.91 Å². The zero-order chi connectivity index (χ0) is 22.6. The first kappa shape index (κ1) is 22.1. The molecule has 1 amide bonds. The van der Waals surface area contributed by atoms with E-state index in [0.717, 1.165) is 0 Å². The number of aromatic nitrogens is 2. The average Bonchev–Trinajstić information content (AvgIpc) is 3.26. The van der Waals surface area contributed by atoms with E-state index in [1.165, 1.54) is 40.4 Å². The Balaban J connectivity index is 1.91. The van der Waals surface area contributed by atoms with Crippen LogP contribution in [0.3, 0.4) is 0 Å². The number of nitrogens with one attached hydrogen (secondary N) is 1. The summed E-state index contributed by atoms with van der Waals surface area (Å²) in [4.78, 5) is 12.6. The normalized spacial score (nSPS) is 11.1. The summed E-state index contributed by atoms with van der Waals surface area (Å²) in [5, 5.41) is 10.2. The van der Waals surface area contributed by atoms with Crippen LogP contribution in [0.2, 0.25) is 0 Å². The zero-order valence-corrected chi connectivity index (χ0v) is 18.1. The number of methoxy groups -OCH3 is 3. The second-order valence-corrected chi connectivity index (χ2v) is 8.43. The Morgan fingerprint density at radius 2 is 1.68 bits per heavy atom. The number of nitrogens with zero attached hydrogens (tertiary/aromatic N) is 2. The number of sulfone groups is 1. The van der Waals surface area contributed by atoms with Gasteiger partial charge in [-0.05, 0) is 24.3 Å². The molecule has 11 heteroatoms. The number of amides is 1. The first-order chi connectivity index (χ1) is 14.8. The van der Waals surface area contributed by atoms with Crippen LogP contribution in [0.15, 0.2) is 45.7 Å². The van der Waals surface area contributed by atoms with Crippen molar-refractivity contribution in [3.05, 3.63) is 42.0 Å². The lowest BCUT2D eigenvalue weighted by molar-refractivity contribution is 0.102. The zero-order valence-electron chi connectivity index (χ0n) is 17.3. The second-order valence-electron chi connectivity index (χ2n) is 6.18. The van der Waals surface area contributed by atoms with E-state index in [2.05, 4.69) is 15.5 Å². The van der Waals surface area contributed by atoms with Gasteiger partial charge < -0.3 is 18.6 Å². The van der Waals surface area contributed by atoms with Crippen molar-refractivity contribution in [1.82, 2.24) is 10.2 Å². The monoisotopic (exact) mass is 447 g/mol. The molecule has 0 spiro atoms. The maximum Gasteiger partial charge on any atom is 0.322 e. The highest BCUT2D eigenvalue weighted by Gasteiger charge is 2.23. The average molecular weight is 447 g/mol. The van der Waals surface area contributed by atoms with Gasteiger partial charge in [0.15, 0.2) is 21.3 Å². The molecule has 0 atom stereocenters. The Hall–Kier alpha value is -3.60. The van der Waals surface area contributed by atoms with Crippen molar-refractivity contribution in [2.75, 3.05) is 32.4 Å². The van der Waals surface area contributed by atoms with E-state index in [4.69, 9.17) is 18.6 Å². The van der Waals surface area contributed by atoms with E-state index in [1.807, 2.05) is 0 Å². The van der Waals surface area contributed by atoms with E-state index < -0.39 is 15.7 Å². The number of anilines is 1. The number of ether oxygens (including phenoxy) is 3. The number of hydrogen-bond acceptors (Lipinski definition) is 9. The number of hydrogen-bond donors (Lipinski definition) is 1. The molecule has 31 heavy (non-hydrogen) atoms. The summed E-state index contributed by atoms with van der Waals surface area (Å²) in [7, 11) is 0.839. The van der Waals surface area contributed by atoms with Crippen molar-refractivity contribution >= 4 is 21.8 Å². The Labute approximate surface area is 179 Å². The summed E-state index contributed by atoms with van der Waals surface area (Å²) < 4.78 is 46.0. The third-order valence-electron chi connectivity index (χ3n) is 4.40. The van der Waals surface area contributed by atoms with Gasteiger partial charge in [-0.25, -0.2) is 8.42 Å². The molecular formula is C20H21N3O7S. The van der Waals surface area contributed by atoms with Gasteiger partial charge >= 0.3 is 6.01 Å². The summed E-state index contributed by atoms with van der Waals surface area (Å²) >= 11 is 0. The molecule has 1 heterocycles. The standard InChI is InChI=1S/C20H21N3O7S/c1-5-31(25,26)16-9-7-6-8-13(16)18(24)21-20-23-22-19(30-20)12-10-14(27-2)17(29-4)15(11-12)28-3/h6-11H,5H2,1-4H3,(H,21,23,24). The topological polar surface area (TPSA) is 130 Å². The van der Waals surface area contributed by atoms with Crippen molar-refractivity contribution < 1.29 is 31.8 Å². The number of rotatable bonds is 8. The molecule has 0 saturated heterocycles. The minimum atomic E-state index is -3.59. The van der Waals surface area contributed by atoms with Gasteiger partial charge in [0.05, 0.1) is 37.5 Å². The van der Waals surface area contributed by atoms with Gasteiger partial charge in [0.1, 0.15) is 0 Å². The van der Waals surface area contributed by atoms with E-state index in [0.29, 0.717) is 22.8 Å². The Kier molecular flexibility index (Phi) is 6.44. The molecule has 0 aliphatic heterocycles. The highest BCUT2D eigenvalue weighted by Crippen LogP contribution is 2.41. The van der Waals surface area contributed by atoms with Crippen LogP contribution in [0.25, 0.3) is 11.5 Å². The molecule has 3 aromatic rings. The summed E-state index contributed by atoms with van der Waals surface area (Å²) in [5.74, 6) is 0.439. The van der Waals surface area contributed by atoms with Crippen LogP contribution in [0.1, 0.15) is 17.3 Å². The van der Waals surface area contributed by atoms with Gasteiger partial charge in [-0.1, -0.05) is 24.2 Å². The molecule has 1 N–H and O–H groups in total. The van der Waals surface area contributed by atoms with Crippen LogP contribution in [-0.4, -0.2) is 51.6 Å². The van der Waals surface area contributed by atoms with Gasteiger partial charge in [-0.15, -0.1) is 5.10 Å². The first-order valence-corrected chi connectivity index (χ1v) is 10.8. The molecule has 0 aliphatic carbocycles. The van der Waals surface area contributed by atoms with Gasteiger partial charge in [-0.2, -0.15) is 0 Å². The lowest BCUT2D eigenvalue weighted by Gasteiger charge is -2.12. The highest BCUT2D eigenvalue weighted by atomic mass is 32.2. The predicted octanol–water partition coefficient (Wildman–Crippen LogP) is 2.81. The fourth-order valence-corrected chi connectivity index (χ4v) is 3.93. The molecule has 0 saturated carbocycles. The Morgan fingerprint density at radius 3 is 2.26 bits per heavy atom. The molecule has 0 bridgehead atoms. The van der Waals surface area contributed by atoms with Crippen molar-refractivity contribution in [3.63, 3.8) is 0 Å². The van der Waals surface area contributed by atoms with Gasteiger partial charge in [0.2, 0.25) is 11.6 Å². The lowest BCUT2D eigenvalue weighted by atomic mass is 10.2. The maximum absolute atomic E-state index is 12.7. The van der Waals surface area contributed by atoms with Crippen LogP contribution in [-0.2, 0) is 9.84 Å². The molecule has 10 nitrogen and oxygen atoms in total. The largest absolute Gasteiger partial charge is 0.493 e. The second kappa shape index (κ2) is 9.04. The Bertz CT molecular complexity index is 1180. The van der Waals surface area contributed by atoms with Crippen LogP contribution in [0.5, 0.6) is 17.2 Å². The van der Waals surface area contributed by atoms with Crippen molar-refractivity contribution in [1.29, 1.82) is 0 Å². The van der Waals surface area contributed by atoms with E-state index in [9.17, 15) is 13.2 Å².